The Kier molecular flexibility index (Phi) is 6.01. The summed E-state index contributed by atoms with van der Waals surface area (Å²) < 4.78 is 15.2. The number of hydrogen-bond acceptors (Lipinski definition) is 4. The number of benzene rings is 1. The summed E-state index contributed by atoms with van der Waals surface area (Å²) in [6.45, 7) is 5.79. The maximum absolute atomic E-state index is 13.1. The molecular weight excluding hydrogens is 345 g/mol. The van der Waals surface area contributed by atoms with Gasteiger partial charge in [-0.3, -0.25) is 14.6 Å². The van der Waals surface area contributed by atoms with E-state index in [1.807, 2.05) is 12.5 Å². The molecule has 2 aromatic rings. The monoisotopic (exact) mass is 365 g/mol. The zero-order chi connectivity index (χ0) is 17.6. The first kappa shape index (κ1) is 17.8. The largest absolute Gasteiger partial charge is 0.336 e. The molecule has 8 heteroatoms. The number of nitrogens with zero attached hydrogens (tertiary/aromatic N) is 4. The van der Waals surface area contributed by atoms with E-state index in [1.54, 1.807) is 6.20 Å². The highest BCUT2D eigenvalue weighted by molar-refractivity contribution is 6.31. The maximum atomic E-state index is 13.1. The molecule has 0 atom stereocenters. The number of nitrogens with one attached hydrogen (secondary N) is 1. The SMILES string of the molecule is O=C(CN1CCN(CCn2ccnc2)CC1)Nc1ccc(F)c(Cl)c1. The topological polar surface area (TPSA) is 53.4 Å². The minimum Gasteiger partial charge on any atom is -0.336 e. The number of carbonyl (C=O) groups is 1. The van der Waals surface area contributed by atoms with Crippen molar-refractivity contribution in [2.24, 2.45) is 0 Å². The van der Waals surface area contributed by atoms with Gasteiger partial charge in [-0.25, -0.2) is 9.37 Å². The fraction of sp³-hybridized carbons (Fsp3) is 0.412. The Morgan fingerprint density at radius 3 is 2.64 bits per heavy atom. The van der Waals surface area contributed by atoms with Crippen LogP contribution in [0.25, 0.3) is 0 Å². The summed E-state index contributed by atoms with van der Waals surface area (Å²) in [5.74, 6) is -0.610. The molecule has 1 aromatic carbocycles. The van der Waals surface area contributed by atoms with Gasteiger partial charge >= 0.3 is 0 Å². The molecule has 0 radical (unpaired) electrons. The van der Waals surface area contributed by atoms with E-state index in [2.05, 4.69) is 24.7 Å². The van der Waals surface area contributed by atoms with Gasteiger partial charge in [-0.1, -0.05) is 11.6 Å². The number of anilines is 1. The summed E-state index contributed by atoms with van der Waals surface area (Å²) in [6, 6.07) is 4.17. The molecule has 1 aromatic heterocycles. The third kappa shape index (κ3) is 5.26. The lowest BCUT2D eigenvalue weighted by Crippen LogP contribution is -2.49. The lowest BCUT2D eigenvalue weighted by Gasteiger charge is -2.34. The van der Waals surface area contributed by atoms with Crippen LogP contribution >= 0.6 is 11.6 Å². The van der Waals surface area contributed by atoms with Crippen molar-refractivity contribution in [1.29, 1.82) is 0 Å². The number of aromatic nitrogens is 2. The summed E-state index contributed by atoms with van der Waals surface area (Å²) in [7, 11) is 0. The van der Waals surface area contributed by atoms with Crippen LogP contribution in [-0.4, -0.2) is 64.5 Å². The molecule has 0 saturated carbocycles. The van der Waals surface area contributed by atoms with E-state index >= 15 is 0 Å². The van der Waals surface area contributed by atoms with Gasteiger partial charge in [-0.05, 0) is 18.2 Å². The van der Waals surface area contributed by atoms with Crippen molar-refractivity contribution >= 4 is 23.2 Å². The first-order valence-corrected chi connectivity index (χ1v) is 8.63. The summed E-state index contributed by atoms with van der Waals surface area (Å²) >= 11 is 5.72. The Hall–Kier alpha value is -1.96. The van der Waals surface area contributed by atoms with E-state index in [9.17, 15) is 9.18 Å². The quantitative estimate of drug-likeness (QED) is 0.850. The predicted molar refractivity (Wildman–Crippen MR) is 95.1 cm³/mol. The van der Waals surface area contributed by atoms with Gasteiger partial charge in [-0.2, -0.15) is 0 Å². The Morgan fingerprint density at radius 1 is 1.20 bits per heavy atom. The molecule has 1 amide bonds. The van der Waals surface area contributed by atoms with Crippen LogP contribution in [0.2, 0.25) is 5.02 Å². The van der Waals surface area contributed by atoms with Crippen molar-refractivity contribution in [3.05, 3.63) is 47.8 Å². The number of imidazole rings is 1. The summed E-state index contributed by atoms with van der Waals surface area (Å²) in [5.41, 5.74) is 0.510. The van der Waals surface area contributed by atoms with Crippen LogP contribution in [0, 0.1) is 5.82 Å². The second-order valence-electron chi connectivity index (χ2n) is 6.10. The van der Waals surface area contributed by atoms with Crippen molar-refractivity contribution in [2.45, 2.75) is 6.54 Å². The van der Waals surface area contributed by atoms with Gasteiger partial charge in [0.1, 0.15) is 5.82 Å². The fourth-order valence-corrected chi connectivity index (χ4v) is 3.00. The van der Waals surface area contributed by atoms with Crippen molar-refractivity contribution in [2.75, 3.05) is 44.6 Å². The lowest BCUT2D eigenvalue weighted by atomic mass is 10.3. The number of rotatable bonds is 6. The average molecular weight is 366 g/mol. The van der Waals surface area contributed by atoms with E-state index in [0.717, 1.165) is 39.3 Å². The second kappa shape index (κ2) is 8.42. The maximum Gasteiger partial charge on any atom is 0.238 e. The number of hydrogen-bond donors (Lipinski definition) is 1. The first-order valence-electron chi connectivity index (χ1n) is 8.25. The standard InChI is InChI=1S/C17H21ClFN5O/c18-15-11-14(1-2-16(15)19)21-17(25)12-23-8-5-22(6-9-23)7-10-24-4-3-20-13-24/h1-4,11,13H,5-10,12H2,(H,21,25). The van der Waals surface area contributed by atoms with Crippen molar-refractivity contribution in [1.82, 2.24) is 19.4 Å². The summed E-state index contributed by atoms with van der Waals surface area (Å²) in [4.78, 5) is 20.7. The number of halogens is 2. The van der Waals surface area contributed by atoms with Gasteiger partial charge < -0.3 is 9.88 Å². The van der Waals surface area contributed by atoms with Gasteiger partial charge in [0.2, 0.25) is 5.91 Å². The molecule has 134 valence electrons. The summed E-state index contributed by atoms with van der Waals surface area (Å²) in [6.07, 6.45) is 5.56. The Labute approximate surface area is 151 Å². The van der Waals surface area contributed by atoms with E-state index in [0.29, 0.717) is 12.2 Å². The molecule has 0 bridgehead atoms. The average Bonchev–Trinajstić information content (AvgIpc) is 3.11. The van der Waals surface area contributed by atoms with Gasteiger partial charge in [-0.15, -0.1) is 0 Å². The van der Waals surface area contributed by atoms with E-state index < -0.39 is 5.82 Å². The van der Waals surface area contributed by atoms with Crippen LogP contribution in [-0.2, 0) is 11.3 Å². The van der Waals surface area contributed by atoms with E-state index in [-0.39, 0.29) is 10.9 Å². The number of piperazine rings is 1. The third-order valence-electron chi connectivity index (χ3n) is 4.27. The molecule has 0 spiro atoms. The molecule has 6 nitrogen and oxygen atoms in total. The zero-order valence-electron chi connectivity index (χ0n) is 13.9. The number of amides is 1. The normalized spacial score (nSPS) is 16.1. The van der Waals surface area contributed by atoms with Crippen LogP contribution in [0.3, 0.4) is 0 Å². The second-order valence-corrected chi connectivity index (χ2v) is 6.50. The smallest absolute Gasteiger partial charge is 0.238 e. The highest BCUT2D eigenvalue weighted by atomic mass is 35.5. The van der Waals surface area contributed by atoms with Crippen LogP contribution < -0.4 is 5.32 Å². The van der Waals surface area contributed by atoms with Crippen molar-refractivity contribution in [3.63, 3.8) is 0 Å². The third-order valence-corrected chi connectivity index (χ3v) is 4.56. The molecule has 1 N–H and O–H groups in total. The van der Waals surface area contributed by atoms with Gasteiger partial charge in [0.05, 0.1) is 17.9 Å². The first-order chi connectivity index (χ1) is 12.1. The van der Waals surface area contributed by atoms with Gasteiger partial charge in [0, 0.05) is 57.3 Å². The molecule has 0 unspecified atom stereocenters. The van der Waals surface area contributed by atoms with Crippen LogP contribution in [0.4, 0.5) is 10.1 Å². The lowest BCUT2D eigenvalue weighted by molar-refractivity contribution is -0.117. The minimum absolute atomic E-state index is 0.00399. The van der Waals surface area contributed by atoms with E-state index in [4.69, 9.17) is 11.6 Å². The van der Waals surface area contributed by atoms with Crippen LogP contribution in [0.15, 0.2) is 36.9 Å². The van der Waals surface area contributed by atoms with Crippen molar-refractivity contribution < 1.29 is 9.18 Å². The Morgan fingerprint density at radius 2 is 1.96 bits per heavy atom. The molecule has 3 rings (SSSR count). The zero-order valence-corrected chi connectivity index (χ0v) is 14.6. The fourth-order valence-electron chi connectivity index (χ4n) is 2.82. The predicted octanol–water partition coefficient (Wildman–Crippen LogP) is 1.93. The molecule has 1 aliphatic heterocycles. The highest BCUT2D eigenvalue weighted by Crippen LogP contribution is 2.19. The highest BCUT2D eigenvalue weighted by Gasteiger charge is 2.19. The van der Waals surface area contributed by atoms with E-state index in [1.165, 1.54) is 18.2 Å². The van der Waals surface area contributed by atoms with Gasteiger partial charge in [0.25, 0.3) is 0 Å². The molecule has 1 saturated heterocycles. The summed E-state index contributed by atoms with van der Waals surface area (Å²) in [5, 5.41) is 2.76. The van der Waals surface area contributed by atoms with Crippen LogP contribution in [0.1, 0.15) is 0 Å². The van der Waals surface area contributed by atoms with Crippen molar-refractivity contribution in [3.8, 4) is 0 Å². The molecule has 2 heterocycles. The van der Waals surface area contributed by atoms with Crippen LogP contribution in [0.5, 0.6) is 0 Å². The molecule has 0 aliphatic carbocycles. The molecule has 1 fully saturated rings. The molecule has 1 aliphatic rings. The Balaban J connectivity index is 1.39. The Bertz CT molecular complexity index is 701. The molecule has 25 heavy (non-hydrogen) atoms. The number of carbonyl (C=O) groups excluding carboxylic acids is 1. The minimum atomic E-state index is -0.494. The van der Waals surface area contributed by atoms with Gasteiger partial charge in [0.15, 0.2) is 0 Å². The molecular formula is C17H21ClFN5O.